The third-order valence-electron chi connectivity index (χ3n) is 3.24. The fourth-order valence-corrected chi connectivity index (χ4v) is 3.15. The fraction of sp³-hybridized carbons (Fsp3) is 0.692. The normalized spacial score (nSPS) is 19.9. The number of oxazole rings is 1. The topological polar surface area (TPSA) is 81.1 Å². The van der Waals surface area contributed by atoms with Crippen LogP contribution in [0.2, 0.25) is 0 Å². The molecule has 1 aromatic rings. The Morgan fingerprint density at radius 3 is 2.89 bits per heavy atom. The highest BCUT2D eigenvalue weighted by Gasteiger charge is 2.38. The van der Waals surface area contributed by atoms with Gasteiger partial charge in [0.15, 0.2) is 0 Å². The molecule has 1 heterocycles. The summed E-state index contributed by atoms with van der Waals surface area (Å²) in [6.07, 6.45) is 4.54. The number of nitrogens with one attached hydrogen (secondary N) is 1. The van der Waals surface area contributed by atoms with Gasteiger partial charge in [-0.2, -0.15) is 0 Å². The van der Waals surface area contributed by atoms with Crippen molar-refractivity contribution in [1.82, 2.24) is 10.3 Å². The number of carbonyl (C=O) groups excluding carboxylic acids is 1. The van der Waals surface area contributed by atoms with Crippen LogP contribution in [0.25, 0.3) is 0 Å². The summed E-state index contributed by atoms with van der Waals surface area (Å²) in [5.74, 6) is -0.296. The van der Waals surface area contributed by atoms with Gasteiger partial charge in [-0.15, -0.1) is 0 Å². The minimum absolute atomic E-state index is 0.196. The van der Waals surface area contributed by atoms with Crippen molar-refractivity contribution in [2.45, 2.75) is 62.1 Å². The number of rotatable bonds is 7. The van der Waals surface area contributed by atoms with Crippen LogP contribution in [0.1, 0.15) is 38.8 Å². The maximum atomic E-state index is 11.7. The zero-order chi connectivity index (χ0) is 14.0. The molecule has 1 saturated carbocycles. The molecule has 19 heavy (non-hydrogen) atoms. The molecule has 1 fully saturated rings. The zero-order valence-corrected chi connectivity index (χ0v) is 12.4. The van der Waals surface area contributed by atoms with E-state index in [1.165, 1.54) is 11.8 Å². The summed E-state index contributed by atoms with van der Waals surface area (Å²) < 4.78 is 5.32. The largest absolute Gasteiger partial charge is 0.440 e. The molecule has 0 aromatic carbocycles. The van der Waals surface area contributed by atoms with Crippen molar-refractivity contribution in [3.05, 3.63) is 12.0 Å². The van der Waals surface area contributed by atoms with Crippen LogP contribution in [0.3, 0.4) is 0 Å². The van der Waals surface area contributed by atoms with E-state index < -0.39 is 5.54 Å². The molecular formula is C13H21N3O2S. The Bertz CT molecular complexity index is 458. The van der Waals surface area contributed by atoms with E-state index in [-0.39, 0.29) is 11.2 Å². The molecule has 1 aromatic heterocycles. The fourth-order valence-electron chi connectivity index (χ4n) is 2.08. The van der Waals surface area contributed by atoms with Gasteiger partial charge in [0.2, 0.25) is 5.91 Å². The quantitative estimate of drug-likeness (QED) is 0.746. The van der Waals surface area contributed by atoms with Gasteiger partial charge in [0.05, 0.1) is 11.2 Å². The Balaban J connectivity index is 1.94. The lowest BCUT2D eigenvalue weighted by Gasteiger charge is -2.29. The molecule has 6 heteroatoms. The number of hydrogen-bond acceptors (Lipinski definition) is 5. The molecule has 0 bridgehead atoms. The van der Waals surface area contributed by atoms with Crippen LogP contribution < -0.4 is 11.1 Å². The second kappa shape index (κ2) is 5.54. The Morgan fingerprint density at radius 2 is 2.42 bits per heavy atom. The number of thioether (sulfide) groups is 1. The number of carbonyl (C=O) groups is 1. The summed E-state index contributed by atoms with van der Waals surface area (Å²) in [6.45, 7) is 5.83. The van der Waals surface area contributed by atoms with Crippen LogP contribution in [-0.2, 0) is 4.79 Å². The van der Waals surface area contributed by atoms with E-state index in [9.17, 15) is 4.79 Å². The average Bonchev–Trinajstić information content (AvgIpc) is 3.00. The van der Waals surface area contributed by atoms with E-state index in [4.69, 9.17) is 10.2 Å². The molecule has 0 aliphatic heterocycles. The third kappa shape index (κ3) is 3.98. The molecule has 0 saturated heterocycles. The van der Waals surface area contributed by atoms with Crippen molar-refractivity contribution >= 4 is 17.7 Å². The highest BCUT2D eigenvalue weighted by molar-refractivity contribution is 7.99. The molecule has 3 N–H and O–H groups in total. The summed E-state index contributed by atoms with van der Waals surface area (Å²) in [5.41, 5.74) is 5.75. The predicted molar refractivity (Wildman–Crippen MR) is 74.9 cm³/mol. The maximum Gasteiger partial charge on any atom is 0.256 e. The Hall–Kier alpha value is -1.01. The van der Waals surface area contributed by atoms with Crippen LogP contribution >= 0.6 is 11.8 Å². The van der Waals surface area contributed by atoms with Crippen molar-refractivity contribution < 1.29 is 9.21 Å². The molecule has 2 atom stereocenters. The Morgan fingerprint density at radius 1 is 1.74 bits per heavy atom. The average molecular weight is 283 g/mol. The van der Waals surface area contributed by atoms with E-state index in [0.717, 1.165) is 18.5 Å². The van der Waals surface area contributed by atoms with E-state index >= 15 is 0 Å². The number of aromatic nitrogens is 1. The lowest BCUT2D eigenvalue weighted by molar-refractivity contribution is -0.124. The van der Waals surface area contributed by atoms with Gasteiger partial charge >= 0.3 is 0 Å². The minimum atomic E-state index is -0.658. The SMILES string of the molecule is Cc1coc(SC(C)CC(C)(NC2CC2)C(N)=O)n1. The van der Waals surface area contributed by atoms with Gasteiger partial charge in [0.1, 0.15) is 6.26 Å². The summed E-state index contributed by atoms with van der Waals surface area (Å²) in [4.78, 5) is 15.9. The van der Waals surface area contributed by atoms with Gasteiger partial charge in [-0.05, 0) is 33.1 Å². The highest BCUT2D eigenvalue weighted by atomic mass is 32.2. The molecular weight excluding hydrogens is 262 g/mol. The van der Waals surface area contributed by atoms with Crippen molar-refractivity contribution in [1.29, 1.82) is 0 Å². The highest BCUT2D eigenvalue weighted by Crippen LogP contribution is 2.30. The lowest BCUT2D eigenvalue weighted by Crippen LogP contribution is -2.55. The number of hydrogen-bond donors (Lipinski definition) is 2. The molecule has 0 radical (unpaired) electrons. The van der Waals surface area contributed by atoms with E-state index in [1.807, 2.05) is 13.8 Å². The van der Waals surface area contributed by atoms with Crippen LogP contribution in [0.5, 0.6) is 0 Å². The number of nitrogens with zero attached hydrogens (tertiary/aromatic N) is 1. The van der Waals surface area contributed by atoms with Crippen LogP contribution in [-0.4, -0.2) is 27.7 Å². The molecule has 2 rings (SSSR count). The minimum Gasteiger partial charge on any atom is -0.440 e. The van der Waals surface area contributed by atoms with Crippen molar-refractivity contribution in [3.63, 3.8) is 0 Å². The van der Waals surface area contributed by atoms with Gasteiger partial charge in [0.25, 0.3) is 5.22 Å². The standard InChI is InChI=1S/C13H21N3O2S/c1-8-7-18-12(15-8)19-9(2)6-13(3,11(14)17)16-10-4-5-10/h7,9-10,16H,4-6H2,1-3H3,(H2,14,17). The summed E-state index contributed by atoms with van der Waals surface area (Å²) in [5, 5.41) is 4.19. The molecule has 1 aliphatic rings. The van der Waals surface area contributed by atoms with Gasteiger partial charge in [-0.25, -0.2) is 4.98 Å². The first kappa shape index (κ1) is 14.4. The first-order valence-corrected chi connectivity index (χ1v) is 7.43. The van der Waals surface area contributed by atoms with Crippen LogP contribution in [0, 0.1) is 6.92 Å². The van der Waals surface area contributed by atoms with Gasteiger partial charge in [-0.1, -0.05) is 18.7 Å². The summed E-state index contributed by atoms with van der Waals surface area (Å²) in [6, 6.07) is 0.443. The number of amides is 1. The van der Waals surface area contributed by atoms with Gasteiger partial charge in [0, 0.05) is 11.3 Å². The van der Waals surface area contributed by atoms with Crippen molar-refractivity contribution in [2.75, 3.05) is 0 Å². The van der Waals surface area contributed by atoms with Gasteiger partial charge < -0.3 is 15.5 Å². The molecule has 1 aliphatic carbocycles. The van der Waals surface area contributed by atoms with E-state index in [2.05, 4.69) is 17.2 Å². The predicted octanol–water partition coefficient (Wildman–Crippen LogP) is 1.85. The third-order valence-corrected chi connectivity index (χ3v) is 4.20. The van der Waals surface area contributed by atoms with E-state index in [0.29, 0.717) is 17.7 Å². The molecule has 2 unspecified atom stereocenters. The smallest absolute Gasteiger partial charge is 0.256 e. The zero-order valence-electron chi connectivity index (χ0n) is 11.6. The Labute approximate surface area is 117 Å². The van der Waals surface area contributed by atoms with Crippen molar-refractivity contribution in [3.8, 4) is 0 Å². The molecule has 5 nitrogen and oxygen atoms in total. The number of primary amides is 1. The molecule has 106 valence electrons. The first-order valence-electron chi connectivity index (χ1n) is 6.55. The van der Waals surface area contributed by atoms with E-state index in [1.54, 1.807) is 6.26 Å². The van der Waals surface area contributed by atoms with Crippen LogP contribution in [0.15, 0.2) is 15.9 Å². The molecule has 0 spiro atoms. The summed E-state index contributed by atoms with van der Waals surface area (Å²) in [7, 11) is 0. The van der Waals surface area contributed by atoms with Crippen molar-refractivity contribution in [2.24, 2.45) is 5.73 Å². The second-order valence-electron chi connectivity index (χ2n) is 5.50. The lowest BCUT2D eigenvalue weighted by atomic mass is 9.95. The summed E-state index contributed by atoms with van der Waals surface area (Å²) >= 11 is 1.53. The second-order valence-corrected chi connectivity index (χ2v) is 6.89. The molecule has 1 amide bonds. The first-order chi connectivity index (χ1) is 8.89. The number of nitrogens with two attached hydrogens (primary N) is 1. The number of aryl methyl sites for hydroxylation is 1. The monoisotopic (exact) mass is 283 g/mol. The van der Waals surface area contributed by atoms with Crippen LogP contribution in [0.4, 0.5) is 0 Å². The Kier molecular flexibility index (Phi) is 4.20. The maximum absolute atomic E-state index is 11.7. The van der Waals surface area contributed by atoms with Gasteiger partial charge in [-0.3, -0.25) is 4.79 Å².